The van der Waals surface area contributed by atoms with Gasteiger partial charge in [0.05, 0.1) is 12.1 Å². The van der Waals surface area contributed by atoms with Crippen molar-refractivity contribution in [3.8, 4) is 11.8 Å². The van der Waals surface area contributed by atoms with E-state index in [0.717, 1.165) is 5.56 Å². The highest BCUT2D eigenvalue weighted by atomic mass is 16.2. The van der Waals surface area contributed by atoms with Gasteiger partial charge in [-0.25, -0.2) is 0 Å². The average Bonchev–Trinajstić information content (AvgIpc) is 2.42. The molecule has 0 heterocycles. The summed E-state index contributed by atoms with van der Waals surface area (Å²) in [7, 11) is 1.50. The molecule has 1 aromatic rings. The predicted octanol–water partition coefficient (Wildman–Crippen LogP) is -0.185. The number of rotatable bonds is 3. The third-order valence-electron chi connectivity index (χ3n) is 2.41. The van der Waals surface area contributed by atoms with Gasteiger partial charge in [0.15, 0.2) is 0 Å². The van der Waals surface area contributed by atoms with E-state index in [1.165, 1.54) is 7.05 Å². The number of aliphatic hydroxyl groups is 1. The number of carbonyl (C=O) groups is 2. The Kier molecular flexibility index (Phi) is 5.58. The second-order valence-electron chi connectivity index (χ2n) is 3.86. The van der Waals surface area contributed by atoms with Gasteiger partial charge in [0.2, 0.25) is 5.91 Å². The van der Waals surface area contributed by atoms with Gasteiger partial charge in [-0.3, -0.25) is 9.59 Å². The number of carbonyl (C=O) groups excluding carboxylic acids is 2. The Labute approximate surface area is 112 Å². The highest BCUT2D eigenvalue weighted by Gasteiger charge is 2.11. The van der Waals surface area contributed by atoms with Crippen molar-refractivity contribution in [3.63, 3.8) is 0 Å². The molecule has 0 saturated heterocycles. The summed E-state index contributed by atoms with van der Waals surface area (Å²) in [5.41, 5.74) is 1.88. The van der Waals surface area contributed by atoms with E-state index in [1.54, 1.807) is 18.2 Å². The highest BCUT2D eigenvalue weighted by molar-refractivity contribution is 5.98. The summed E-state index contributed by atoms with van der Waals surface area (Å²) in [5, 5.41) is 13.6. The Morgan fingerprint density at radius 1 is 1.37 bits per heavy atom. The summed E-state index contributed by atoms with van der Waals surface area (Å²) in [4.78, 5) is 23.0. The zero-order chi connectivity index (χ0) is 14.3. The van der Waals surface area contributed by atoms with Gasteiger partial charge in [-0.2, -0.15) is 0 Å². The number of aliphatic hydroxyl groups excluding tert-OH is 1. The summed E-state index contributed by atoms with van der Waals surface area (Å²) >= 11 is 0. The average molecular weight is 260 g/mol. The zero-order valence-corrected chi connectivity index (χ0v) is 10.9. The van der Waals surface area contributed by atoms with Crippen molar-refractivity contribution in [3.05, 3.63) is 34.9 Å². The van der Waals surface area contributed by atoms with Gasteiger partial charge < -0.3 is 15.7 Å². The molecule has 0 aliphatic rings. The van der Waals surface area contributed by atoms with Crippen LogP contribution in [0, 0.1) is 18.8 Å². The molecule has 0 bridgehead atoms. The minimum Gasteiger partial charge on any atom is -0.384 e. The van der Waals surface area contributed by atoms with Gasteiger partial charge in [0, 0.05) is 12.6 Å². The quantitative estimate of drug-likeness (QED) is 0.659. The lowest BCUT2D eigenvalue weighted by Gasteiger charge is -2.07. The minimum absolute atomic E-state index is 0.0872. The fourth-order valence-electron chi connectivity index (χ4n) is 1.44. The van der Waals surface area contributed by atoms with Crippen LogP contribution < -0.4 is 10.6 Å². The Hall–Kier alpha value is -2.32. The van der Waals surface area contributed by atoms with Crippen LogP contribution >= 0.6 is 0 Å². The van der Waals surface area contributed by atoms with Crippen molar-refractivity contribution >= 4 is 11.8 Å². The lowest BCUT2D eigenvalue weighted by Crippen LogP contribution is -2.35. The van der Waals surface area contributed by atoms with E-state index in [1.807, 2.05) is 6.92 Å². The molecule has 0 radical (unpaired) electrons. The molecule has 0 spiro atoms. The van der Waals surface area contributed by atoms with Gasteiger partial charge >= 0.3 is 0 Å². The van der Waals surface area contributed by atoms with E-state index in [2.05, 4.69) is 22.5 Å². The fraction of sp³-hybridized carbons (Fsp3) is 0.286. The monoisotopic (exact) mass is 260 g/mol. The standard InChI is InChI=1S/C14H16N2O3/c1-10-5-6-12(11(8-10)4-3-7-17)14(19)16-9-13(18)15-2/h5-6,8,17H,7,9H2,1-2H3,(H,15,18)(H,16,19). The summed E-state index contributed by atoms with van der Waals surface area (Å²) in [5.74, 6) is 4.59. The molecule has 19 heavy (non-hydrogen) atoms. The number of nitrogens with one attached hydrogen (secondary N) is 2. The van der Waals surface area contributed by atoms with Crippen LogP contribution in [0.15, 0.2) is 18.2 Å². The maximum Gasteiger partial charge on any atom is 0.252 e. The number of likely N-dealkylation sites (N-methyl/N-ethyl adjacent to an activating group) is 1. The molecule has 0 atom stereocenters. The van der Waals surface area contributed by atoms with Crippen LogP contribution in [0.25, 0.3) is 0 Å². The maximum absolute atomic E-state index is 11.9. The predicted molar refractivity (Wildman–Crippen MR) is 71.5 cm³/mol. The highest BCUT2D eigenvalue weighted by Crippen LogP contribution is 2.10. The molecule has 0 saturated carbocycles. The maximum atomic E-state index is 11.9. The van der Waals surface area contributed by atoms with Crippen molar-refractivity contribution in [2.24, 2.45) is 0 Å². The summed E-state index contributed by atoms with van der Waals surface area (Å²) in [6.45, 7) is 1.53. The SMILES string of the molecule is CNC(=O)CNC(=O)c1ccc(C)cc1C#CCO. The first kappa shape index (κ1) is 14.7. The van der Waals surface area contributed by atoms with E-state index in [4.69, 9.17) is 5.11 Å². The lowest BCUT2D eigenvalue weighted by molar-refractivity contribution is -0.119. The second-order valence-corrected chi connectivity index (χ2v) is 3.86. The number of hydrogen-bond donors (Lipinski definition) is 3. The van der Waals surface area contributed by atoms with Crippen LogP contribution in [-0.4, -0.2) is 37.1 Å². The summed E-state index contributed by atoms with van der Waals surface area (Å²) in [6.07, 6.45) is 0. The molecule has 0 aliphatic heterocycles. The molecule has 0 unspecified atom stereocenters. The van der Waals surface area contributed by atoms with Gasteiger partial charge in [-0.1, -0.05) is 17.9 Å². The van der Waals surface area contributed by atoms with Crippen molar-refractivity contribution in [1.82, 2.24) is 10.6 Å². The molecule has 5 nitrogen and oxygen atoms in total. The van der Waals surface area contributed by atoms with Gasteiger partial charge in [0.1, 0.15) is 6.61 Å². The molecule has 3 N–H and O–H groups in total. The van der Waals surface area contributed by atoms with E-state index < -0.39 is 0 Å². The molecule has 0 aliphatic carbocycles. The summed E-state index contributed by atoms with van der Waals surface area (Å²) < 4.78 is 0. The Bertz CT molecular complexity index is 541. The Balaban J connectivity index is 2.92. The van der Waals surface area contributed by atoms with E-state index in [0.29, 0.717) is 11.1 Å². The molecule has 100 valence electrons. The van der Waals surface area contributed by atoms with Crippen molar-refractivity contribution in [1.29, 1.82) is 0 Å². The van der Waals surface area contributed by atoms with E-state index in [9.17, 15) is 9.59 Å². The lowest BCUT2D eigenvalue weighted by atomic mass is 10.0. The van der Waals surface area contributed by atoms with Crippen LogP contribution in [0.4, 0.5) is 0 Å². The minimum atomic E-state index is -0.370. The van der Waals surface area contributed by atoms with Crippen LogP contribution in [-0.2, 0) is 4.79 Å². The number of amides is 2. The van der Waals surface area contributed by atoms with Crippen molar-refractivity contribution < 1.29 is 14.7 Å². The molecule has 1 aromatic carbocycles. The molecule has 2 amide bonds. The number of benzene rings is 1. The smallest absolute Gasteiger partial charge is 0.252 e. The van der Waals surface area contributed by atoms with Crippen molar-refractivity contribution in [2.75, 3.05) is 20.2 Å². The normalized spacial score (nSPS) is 9.21. The first-order valence-corrected chi connectivity index (χ1v) is 5.77. The van der Waals surface area contributed by atoms with Gasteiger partial charge in [-0.05, 0) is 24.6 Å². The third-order valence-corrected chi connectivity index (χ3v) is 2.41. The van der Waals surface area contributed by atoms with Crippen LogP contribution in [0.2, 0.25) is 0 Å². The summed E-state index contributed by atoms with van der Waals surface area (Å²) in [6, 6.07) is 5.20. The second kappa shape index (κ2) is 7.19. The van der Waals surface area contributed by atoms with E-state index in [-0.39, 0.29) is 25.0 Å². The van der Waals surface area contributed by atoms with Crippen molar-refractivity contribution in [2.45, 2.75) is 6.92 Å². The Morgan fingerprint density at radius 2 is 2.11 bits per heavy atom. The van der Waals surface area contributed by atoms with Crippen LogP contribution in [0.5, 0.6) is 0 Å². The molecular formula is C14H16N2O3. The molecule has 5 heteroatoms. The number of hydrogen-bond acceptors (Lipinski definition) is 3. The van der Waals surface area contributed by atoms with Gasteiger partial charge in [0.25, 0.3) is 5.91 Å². The molecule has 0 fully saturated rings. The van der Waals surface area contributed by atoms with Crippen LogP contribution in [0.3, 0.4) is 0 Å². The largest absolute Gasteiger partial charge is 0.384 e. The molecule has 1 rings (SSSR count). The first-order valence-electron chi connectivity index (χ1n) is 5.77. The van der Waals surface area contributed by atoms with Gasteiger partial charge in [-0.15, -0.1) is 0 Å². The first-order chi connectivity index (χ1) is 9.08. The number of aryl methyl sites for hydroxylation is 1. The fourth-order valence-corrected chi connectivity index (χ4v) is 1.44. The molecular weight excluding hydrogens is 244 g/mol. The third kappa shape index (κ3) is 4.45. The Morgan fingerprint density at radius 3 is 2.74 bits per heavy atom. The van der Waals surface area contributed by atoms with E-state index >= 15 is 0 Å². The molecule has 0 aromatic heterocycles. The zero-order valence-electron chi connectivity index (χ0n) is 10.9. The topological polar surface area (TPSA) is 78.4 Å². The van der Waals surface area contributed by atoms with Crippen LogP contribution in [0.1, 0.15) is 21.5 Å².